The Morgan fingerprint density at radius 1 is 1.11 bits per heavy atom. The standard InChI is InChI=1S/C13H14ClN3O2/c14-11-3-1-10(2-4-11)9-16-7-5-12(18)17(8-6-15)13(16)19/h1-5,7H,6,8-9,15H2. The average Bonchev–Trinajstić information content (AvgIpc) is 2.40. The van der Waals surface area contributed by atoms with Crippen molar-refractivity contribution < 1.29 is 0 Å². The molecule has 100 valence electrons. The lowest BCUT2D eigenvalue weighted by Crippen LogP contribution is -2.40. The number of halogens is 1. The minimum absolute atomic E-state index is 0.221. The van der Waals surface area contributed by atoms with Crippen LogP contribution in [0.4, 0.5) is 0 Å². The van der Waals surface area contributed by atoms with E-state index in [1.165, 1.54) is 16.8 Å². The fraction of sp³-hybridized carbons (Fsp3) is 0.231. The van der Waals surface area contributed by atoms with E-state index in [9.17, 15) is 9.59 Å². The van der Waals surface area contributed by atoms with Crippen molar-refractivity contribution in [3.63, 3.8) is 0 Å². The summed E-state index contributed by atoms with van der Waals surface area (Å²) in [5.74, 6) is 0. The Labute approximate surface area is 114 Å². The fourth-order valence-corrected chi connectivity index (χ4v) is 1.92. The van der Waals surface area contributed by atoms with Crippen molar-refractivity contribution in [1.29, 1.82) is 0 Å². The molecule has 0 spiro atoms. The monoisotopic (exact) mass is 279 g/mol. The summed E-state index contributed by atoms with van der Waals surface area (Å²) in [7, 11) is 0. The van der Waals surface area contributed by atoms with E-state index in [0.29, 0.717) is 11.6 Å². The highest BCUT2D eigenvalue weighted by molar-refractivity contribution is 6.30. The summed E-state index contributed by atoms with van der Waals surface area (Å²) in [6, 6.07) is 8.57. The number of benzene rings is 1. The van der Waals surface area contributed by atoms with Gasteiger partial charge >= 0.3 is 5.69 Å². The Morgan fingerprint density at radius 3 is 2.42 bits per heavy atom. The van der Waals surface area contributed by atoms with Gasteiger partial charge in [0.15, 0.2) is 0 Å². The van der Waals surface area contributed by atoms with Gasteiger partial charge in [0, 0.05) is 30.4 Å². The van der Waals surface area contributed by atoms with Gasteiger partial charge in [-0.2, -0.15) is 0 Å². The van der Waals surface area contributed by atoms with E-state index < -0.39 is 0 Å². The van der Waals surface area contributed by atoms with Crippen molar-refractivity contribution in [3.05, 3.63) is 68.0 Å². The summed E-state index contributed by atoms with van der Waals surface area (Å²) < 4.78 is 2.61. The summed E-state index contributed by atoms with van der Waals surface area (Å²) in [6.45, 7) is 0.861. The minimum atomic E-state index is -0.354. The highest BCUT2D eigenvalue weighted by Crippen LogP contribution is 2.09. The van der Waals surface area contributed by atoms with E-state index in [-0.39, 0.29) is 24.3 Å². The highest BCUT2D eigenvalue weighted by atomic mass is 35.5. The molecule has 0 amide bonds. The third kappa shape index (κ3) is 3.13. The second-order valence-electron chi connectivity index (χ2n) is 4.13. The van der Waals surface area contributed by atoms with Crippen LogP contribution < -0.4 is 17.0 Å². The normalized spacial score (nSPS) is 10.6. The molecular weight excluding hydrogens is 266 g/mol. The van der Waals surface area contributed by atoms with Crippen molar-refractivity contribution in [1.82, 2.24) is 9.13 Å². The SMILES string of the molecule is NCCn1c(=O)ccn(Cc2ccc(Cl)cc2)c1=O. The van der Waals surface area contributed by atoms with E-state index in [0.717, 1.165) is 10.1 Å². The molecule has 0 fully saturated rings. The van der Waals surface area contributed by atoms with Crippen molar-refractivity contribution in [3.8, 4) is 0 Å². The first-order valence-corrected chi connectivity index (χ1v) is 6.24. The molecule has 0 aliphatic rings. The smallest absolute Gasteiger partial charge is 0.329 e. The van der Waals surface area contributed by atoms with Gasteiger partial charge in [-0.1, -0.05) is 23.7 Å². The number of aromatic nitrogens is 2. The minimum Gasteiger partial charge on any atom is -0.329 e. The Morgan fingerprint density at radius 2 is 1.79 bits per heavy atom. The molecule has 0 saturated carbocycles. The maximum atomic E-state index is 12.1. The molecule has 2 rings (SSSR count). The molecule has 6 heteroatoms. The molecular formula is C13H14ClN3O2. The van der Waals surface area contributed by atoms with Gasteiger partial charge in [-0.25, -0.2) is 4.79 Å². The highest BCUT2D eigenvalue weighted by Gasteiger charge is 2.04. The zero-order valence-corrected chi connectivity index (χ0v) is 11.0. The Kier molecular flexibility index (Phi) is 4.19. The first-order chi connectivity index (χ1) is 9.11. The maximum absolute atomic E-state index is 12.1. The van der Waals surface area contributed by atoms with Gasteiger partial charge in [-0.05, 0) is 17.7 Å². The van der Waals surface area contributed by atoms with Gasteiger partial charge in [0.2, 0.25) is 0 Å². The topological polar surface area (TPSA) is 70.0 Å². The Balaban J connectivity index is 2.36. The van der Waals surface area contributed by atoms with Gasteiger partial charge in [0.25, 0.3) is 5.56 Å². The maximum Gasteiger partial charge on any atom is 0.331 e. The van der Waals surface area contributed by atoms with Gasteiger partial charge in [-0.15, -0.1) is 0 Å². The molecule has 0 radical (unpaired) electrons. The second-order valence-corrected chi connectivity index (χ2v) is 4.57. The third-order valence-corrected chi connectivity index (χ3v) is 3.01. The van der Waals surface area contributed by atoms with Crippen LogP contribution in [-0.4, -0.2) is 15.7 Å². The van der Waals surface area contributed by atoms with Crippen LogP contribution in [0.3, 0.4) is 0 Å². The van der Waals surface area contributed by atoms with Crippen LogP contribution >= 0.6 is 11.6 Å². The van der Waals surface area contributed by atoms with Gasteiger partial charge in [0.1, 0.15) is 0 Å². The molecule has 5 nitrogen and oxygen atoms in total. The van der Waals surface area contributed by atoms with E-state index in [2.05, 4.69) is 0 Å². The lowest BCUT2D eigenvalue weighted by molar-refractivity contribution is 0.579. The zero-order chi connectivity index (χ0) is 13.8. The summed E-state index contributed by atoms with van der Waals surface area (Å²) in [5, 5.41) is 0.643. The summed E-state index contributed by atoms with van der Waals surface area (Å²) in [4.78, 5) is 23.7. The van der Waals surface area contributed by atoms with Crippen molar-refractivity contribution >= 4 is 11.6 Å². The molecule has 1 aromatic heterocycles. The molecule has 0 aliphatic heterocycles. The van der Waals surface area contributed by atoms with Gasteiger partial charge < -0.3 is 5.73 Å². The van der Waals surface area contributed by atoms with Crippen molar-refractivity contribution in [2.45, 2.75) is 13.1 Å². The number of hydrogen-bond acceptors (Lipinski definition) is 3. The first kappa shape index (κ1) is 13.6. The summed E-state index contributed by atoms with van der Waals surface area (Å²) >= 11 is 5.81. The van der Waals surface area contributed by atoms with Crippen LogP contribution in [0.15, 0.2) is 46.1 Å². The number of nitrogens with two attached hydrogens (primary N) is 1. The van der Waals surface area contributed by atoms with Gasteiger partial charge in [0.05, 0.1) is 6.54 Å². The lowest BCUT2D eigenvalue weighted by Gasteiger charge is -2.09. The van der Waals surface area contributed by atoms with Crippen LogP contribution in [0, 0.1) is 0 Å². The van der Waals surface area contributed by atoms with Crippen LogP contribution in [0.2, 0.25) is 5.02 Å². The number of hydrogen-bond donors (Lipinski definition) is 1. The number of nitrogens with zero attached hydrogens (tertiary/aromatic N) is 2. The second kappa shape index (κ2) is 5.86. The average molecular weight is 280 g/mol. The van der Waals surface area contributed by atoms with Gasteiger partial charge in [-0.3, -0.25) is 13.9 Å². The molecule has 2 N–H and O–H groups in total. The van der Waals surface area contributed by atoms with E-state index in [4.69, 9.17) is 17.3 Å². The van der Waals surface area contributed by atoms with E-state index in [1.807, 2.05) is 12.1 Å². The van der Waals surface area contributed by atoms with Crippen LogP contribution in [-0.2, 0) is 13.1 Å². The molecule has 0 saturated heterocycles. The molecule has 0 atom stereocenters. The third-order valence-electron chi connectivity index (χ3n) is 2.76. The van der Waals surface area contributed by atoms with Crippen molar-refractivity contribution in [2.24, 2.45) is 5.73 Å². The molecule has 0 unspecified atom stereocenters. The van der Waals surface area contributed by atoms with Crippen LogP contribution in [0.25, 0.3) is 0 Å². The lowest BCUT2D eigenvalue weighted by atomic mass is 10.2. The first-order valence-electron chi connectivity index (χ1n) is 5.86. The largest absolute Gasteiger partial charge is 0.331 e. The number of rotatable bonds is 4. The predicted molar refractivity (Wildman–Crippen MR) is 74.6 cm³/mol. The summed E-state index contributed by atoms with van der Waals surface area (Å²) in [6.07, 6.45) is 1.49. The zero-order valence-electron chi connectivity index (χ0n) is 10.3. The summed E-state index contributed by atoms with van der Waals surface area (Å²) in [5.41, 5.74) is 5.65. The fourth-order valence-electron chi connectivity index (χ4n) is 1.80. The Hall–Kier alpha value is -1.85. The molecule has 19 heavy (non-hydrogen) atoms. The molecule has 2 aromatic rings. The quantitative estimate of drug-likeness (QED) is 0.894. The molecule has 1 aromatic carbocycles. The Bertz CT molecular complexity index is 674. The molecule has 0 bridgehead atoms. The van der Waals surface area contributed by atoms with E-state index in [1.54, 1.807) is 12.1 Å². The molecule has 1 heterocycles. The van der Waals surface area contributed by atoms with Crippen LogP contribution in [0.1, 0.15) is 5.56 Å². The predicted octanol–water partition coefficient (Wildman–Crippen LogP) is 0.670. The molecule has 0 aliphatic carbocycles. The van der Waals surface area contributed by atoms with E-state index >= 15 is 0 Å². The van der Waals surface area contributed by atoms with Crippen LogP contribution in [0.5, 0.6) is 0 Å². The van der Waals surface area contributed by atoms with Crippen molar-refractivity contribution in [2.75, 3.05) is 6.54 Å².